The summed E-state index contributed by atoms with van der Waals surface area (Å²) in [6.07, 6.45) is -0.236. The maximum Gasteiger partial charge on any atom is 0.376 e. The van der Waals surface area contributed by atoms with Gasteiger partial charge in [0, 0.05) is 19.6 Å². The van der Waals surface area contributed by atoms with Gasteiger partial charge in [-0.2, -0.15) is 0 Å². The molecule has 1 fully saturated rings. The minimum atomic E-state index is -1.02. The molecule has 0 aliphatic carbocycles. The molecule has 14 heavy (non-hydrogen) atoms. The SMILES string of the molecule is CB(O)N1CCN(F)C(CC(=O)O)C1. The third-order valence-corrected chi connectivity index (χ3v) is 2.38. The molecule has 1 atom stereocenters. The van der Waals surface area contributed by atoms with E-state index in [2.05, 4.69) is 0 Å². The van der Waals surface area contributed by atoms with Crippen LogP contribution in [-0.4, -0.2) is 58.8 Å². The van der Waals surface area contributed by atoms with Crippen molar-refractivity contribution in [3.8, 4) is 0 Å². The molecule has 0 aromatic rings. The number of halogens is 1. The van der Waals surface area contributed by atoms with Crippen LogP contribution >= 0.6 is 0 Å². The fourth-order valence-corrected chi connectivity index (χ4v) is 1.56. The third-order valence-electron chi connectivity index (χ3n) is 2.38. The van der Waals surface area contributed by atoms with Crippen LogP contribution in [0.5, 0.6) is 0 Å². The Morgan fingerprint density at radius 3 is 2.79 bits per heavy atom. The van der Waals surface area contributed by atoms with Crippen molar-refractivity contribution in [2.24, 2.45) is 0 Å². The average molecular weight is 204 g/mol. The fourth-order valence-electron chi connectivity index (χ4n) is 1.56. The summed E-state index contributed by atoms with van der Waals surface area (Å²) in [7, 11) is -0.653. The first-order valence-electron chi connectivity index (χ1n) is 4.57. The molecule has 1 aliphatic rings. The number of rotatable bonds is 3. The molecule has 2 N–H and O–H groups in total. The Morgan fingerprint density at radius 1 is 1.64 bits per heavy atom. The van der Waals surface area contributed by atoms with E-state index in [-0.39, 0.29) is 19.5 Å². The molecule has 5 nitrogen and oxygen atoms in total. The molecule has 0 spiro atoms. The molecule has 1 rings (SSSR count). The first-order chi connectivity index (χ1) is 6.50. The number of carboxylic acid groups (broad SMARTS) is 1. The minimum absolute atomic E-state index is 0.142. The van der Waals surface area contributed by atoms with Crippen LogP contribution in [0.3, 0.4) is 0 Å². The van der Waals surface area contributed by atoms with Gasteiger partial charge < -0.3 is 14.9 Å². The van der Waals surface area contributed by atoms with Gasteiger partial charge in [-0.15, -0.1) is 9.60 Å². The summed E-state index contributed by atoms with van der Waals surface area (Å²) in [6.45, 7) is 2.40. The standard InChI is InChI=1S/C7H14BFN2O3/c1-8(14)10-2-3-11(9)6(5-10)4-7(12)13/h6,14H,2-5H2,1H3,(H,12,13). The van der Waals surface area contributed by atoms with Crippen LogP contribution in [0.15, 0.2) is 0 Å². The summed E-state index contributed by atoms with van der Waals surface area (Å²) >= 11 is 0. The summed E-state index contributed by atoms with van der Waals surface area (Å²) < 4.78 is 13.1. The van der Waals surface area contributed by atoms with Crippen LogP contribution in [0.1, 0.15) is 6.42 Å². The van der Waals surface area contributed by atoms with Crippen molar-refractivity contribution in [2.75, 3.05) is 19.6 Å². The number of carboxylic acids is 1. The van der Waals surface area contributed by atoms with E-state index in [0.29, 0.717) is 11.7 Å². The Morgan fingerprint density at radius 2 is 2.29 bits per heavy atom. The molecule has 1 saturated heterocycles. The Kier molecular flexibility index (Phi) is 3.85. The highest BCUT2D eigenvalue weighted by molar-refractivity contribution is 6.45. The summed E-state index contributed by atoms with van der Waals surface area (Å²) in [5.41, 5.74) is 0. The quantitative estimate of drug-likeness (QED) is 0.476. The van der Waals surface area contributed by atoms with E-state index in [1.54, 1.807) is 11.6 Å². The van der Waals surface area contributed by atoms with Crippen molar-refractivity contribution in [1.29, 1.82) is 0 Å². The number of hydrogen-bond acceptors (Lipinski definition) is 4. The van der Waals surface area contributed by atoms with E-state index in [0.717, 1.165) is 0 Å². The van der Waals surface area contributed by atoms with Crippen LogP contribution in [0.4, 0.5) is 4.48 Å². The molecule has 1 unspecified atom stereocenters. The molecule has 0 aromatic heterocycles. The molecular formula is C7H14BFN2O3. The van der Waals surface area contributed by atoms with Gasteiger partial charge >= 0.3 is 13.0 Å². The summed E-state index contributed by atoms with van der Waals surface area (Å²) in [5.74, 6) is -1.02. The van der Waals surface area contributed by atoms with E-state index in [9.17, 15) is 14.3 Å². The number of hydrogen-bond donors (Lipinski definition) is 2. The highest BCUT2D eigenvalue weighted by atomic mass is 19.2. The predicted molar refractivity (Wildman–Crippen MR) is 49.3 cm³/mol. The second-order valence-electron chi connectivity index (χ2n) is 3.50. The van der Waals surface area contributed by atoms with E-state index < -0.39 is 19.1 Å². The summed E-state index contributed by atoms with van der Waals surface area (Å²) in [4.78, 5) is 12.1. The van der Waals surface area contributed by atoms with Gasteiger partial charge in [-0.1, -0.05) is 0 Å². The van der Waals surface area contributed by atoms with Crippen LogP contribution < -0.4 is 0 Å². The molecule has 80 valence electrons. The van der Waals surface area contributed by atoms with Gasteiger partial charge in [0.15, 0.2) is 0 Å². The lowest BCUT2D eigenvalue weighted by Gasteiger charge is -2.36. The fraction of sp³-hybridized carbons (Fsp3) is 0.857. The van der Waals surface area contributed by atoms with E-state index in [1.807, 2.05) is 0 Å². The summed E-state index contributed by atoms with van der Waals surface area (Å²) in [6, 6.07) is -0.657. The second-order valence-corrected chi connectivity index (χ2v) is 3.50. The van der Waals surface area contributed by atoms with Crippen molar-refractivity contribution in [2.45, 2.75) is 19.3 Å². The zero-order chi connectivity index (χ0) is 10.7. The smallest absolute Gasteiger partial charge is 0.376 e. The average Bonchev–Trinajstić information content (AvgIpc) is 2.07. The molecule has 0 bridgehead atoms. The maximum absolute atomic E-state index is 13.1. The Hall–Kier alpha value is -0.655. The van der Waals surface area contributed by atoms with Gasteiger partial charge in [0.05, 0.1) is 12.5 Å². The third kappa shape index (κ3) is 2.93. The molecule has 1 heterocycles. The predicted octanol–water partition coefficient (Wildman–Crippen LogP) is -0.558. The van der Waals surface area contributed by atoms with Gasteiger partial charge in [-0.25, -0.2) is 0 Å². The molecule has 0 radical (unpaired) electrons. The lowest BCUT2D eigenvalue weighted by molar-refractivity contribution is -0.142. The van der Waals surface area contributed by atoms with Crippen molar-refractivity contribution < 1.29 is 19.4 Å². The van der Waals surface area contributed by atoms with E-state index >= 15 is 0 Å². The number of nitrogens with zero attached hydrogens (tertiary/aromatic N) is 2. The van der Waals surface area contributed by atoms with Crippen molar-refractivity contribution in [1.82, 2.24) is 9.93 Å². The molecule has 0 aromatic carbocycles. The highest BCUT2D eigenvalue weighted by Gasteiger charge is 2.31. The Balaban J connectivity index is 2.50. The maximum atomic E-state index is 13.1. The molecule has 7 heteroatoms. The lowest BCUT2D eigenvalue weighted by atomic mass is 9.83. The monoisotopic (exact) mass is 204 g/mol. The normalized spacial score (nSPS) is 24.9. The van der Waals surface area contributed by atoms with E-state index in [4.69, 9.17) is 5.11 Å². The molecule has 1 aliphatic heterocycles. The van der Waals surface area contributed by atoms with Crippen molar-refractivity contribution in [3.63, 3.8) is 0 Å². The molecule has 0 saturated carbocycles. The van der Waals surface area contributed by atoms with Gasteiger partial charge in [-0.3, -0.25) is 4.79 Å². The topological polar surface area (TPSA) is 64.0 Å². The first-order valence-corrected chi connectivity index (χ1v) is 4.57. The number of piperazine rings is 1. The lowest BCUT2D eigenvalue weighted by Crippen LogP contribution is -2.54. The Bertz CT molecular complexity index is 217. The first kappa shape index (κ1) is 11.4. The van der Waals surface area contributed by atoms with Crippen molar-refractivity contribution >= 4 is 13.0 Å². The Labute approximate surface area is 82.2 Å². The van der Waals surface area contributed by atoms with Crippen molar-refractivity contribution in [3.05, 3.63) is 0 Å². The van der Waals surface area contributed by atoms with Gasteiger partial charge in [0.2, 0.25) is 0 Å². The number of aliphatic carboxylic acids is 1. The molecular weight excluding hydrogens is 190 g/mol. The zero-order valence-electron chi connectivity index (χ0n) is 8.06. The zero-order valence-corrected chi connectivity index (χ0v) is 8.06. The molecule has 0 amide bonds. The van der Waals surface area contributed by atoms with Crippen LogP contribution in [0, 0.1) is 0 Å². The minimum Gasteiger partial charge on any atom is -0.481 e. The van der Waals surface area contributed by atoms with Crippen LogP contribution in [0.25, 0.3) is 0 Å². The van der Waals surface area contributed by atoms with Crippen LogP contribution in [-0.2, 0) is 4.79 Å². The highest BCUT2D eigenvalue weighted by Crippen LogP contribution is 2.13. The van der Waals surface area contributed by atoms with E-state index in [1.165, 1.54) is 0 Å². The largest absolute Gasteiger partial charge is 0.481 e. The number of carbonyl (C=O) groups is 1. The van der Waals surface area contributed by atoms with Gasteiger partial charge in [0.1, 0.15) is 0 Å². The van der Waals surface area contributed by atoms with Gasteiger partial charge in [-0.05, 0) is 6.82 Å². The van der Waals surface area contributed by atoms with Crippen LogP contribution in [0.2, 0.25) is 6.82 Å². The van der Waals surface area contributed by atoms with Gasteiger partial charge in [0.25, 0.3) is 0 Å². The second kappa shape index (κ2) is 4.72. The summed E-state index contributed by atoms with van der Waals surface area (Å²) in [5, 5.41) is 18.3.